The van der Waals surface area contributed by atoms with Crippen LogP contribution in [0.1, 0.15) is 16.1 Å². The fraction of sp³-hybridized carbons (Fsp3) is 0.0455. The van der Waals surface area contributed by atoms with Crippen LogP contribution in [0.4, 0.5) is 19.0 Å². The number of benzene rings is 2. The zero-order valence-corrected chi connectivity index (χ0v) is 18.4. The van der Waals surface area contributed by atoms with Gasteiger partial charge in [-0.1, -0.05) is 35.9 Å². The van der Waals surface area contributed by atoms with Crippen LogP contribution in [0, 0.1) is 0 Å². The first-order valence-electron chi connectivity index (χ1n) is 9.18. The molecule has 10 heteroatoms. The number of aromatic nitrogens is 3. The highest BCUT2D eigenvalue weighted by Gasteiger charge is 2.35. The summed E-state index contributed by atoms with van der Waals surface area (Å²) in [4.78, 5) is 16.5. The van der Waals surface area contributed by atoms with Gasteiger partial charge in [0.1, 0.15) is 5.82 Å². The van der Waals surface area contributed by atoms with Gasteiger partial charge >= 0.3 is 6.18 Å². The molecule has 0 saturated carbocycles. The number of amides is 1. The van der Waals surface area contributed by atoms with E-state index in [-0.39, 0.29) is 10.7 Å². The molecule has 0 bridgehead atoms. The summed E-state index contributed by atoms with van der Waals surface area (Å²) in [6.07, 6.45) is -3.08. The molecule has 1 N–H and O–H groups in total. The molecule has 0 aliphatic carbocycles. The van der Waals surface area contributed by atoms with Gasteiger partial charge in [0.05, 0.1) is 16.4 Å². The van der Waals surface area contributed by atoms with Gasteiger partial charge in [0, 0.05) is 21.8 Å². The highest BCUT2D eigenvalue weighted by atomic mass is 79.9. The Morgan fingerprint density at radius 2 is 1.75 bits per heavy atom. The third-order valence-corrected chi connectivity index (χ3v) is 5.28. The second-order valence-electron chi connectivity index (χ2n) is 6.67. The Morgan fingerprint density at radius 3 is 2.38 bits per heavy atom. The van der Waals surface area contributed by atoms with Crippen molar-refractivity contribution in [1.29, 1.82) is 0 Å². The number of pyridine rings is 1. The Bertz CT molecular complexity index is 1270. The summed E-state index contributed by atoms with van der Waals surface area (Å²) in [6, 6.07) is 16.9. The molecule has 0 aliphatic rings. The van der Waals surface area contributed by atoms with Crippen LogP contribution >= 0.6 is 27.5 Å². The maximum atomic E-state index is 13.3. The average molecular weight is 522 g/mol. The van der Waals surface area contributed by atoms with Crippen molar-refractivity contribution in [1.82, 2.24) is 14.8 Å². The number of nitrogens with zero attached hydrogens (tertiary/aromatic N) is 3. The first-order chi connectivity index (χ1) is 15.2. The number of halogens is 5. The normalized spacial score (nSPS) is 11.4. The van der Waals surface area contributed by atoms with E-state index in [0.29, 0.717) is 22.6 Å². The monoisotopic (exact) mass is 520 g/mol. The van der Waals surface area contributed by atoms with Gasteiger partial charge in [0.25, 0.3) is 5.91 Å². The lowest BCUT2D eigenvalue weighted by Gasteiger charge is -2.10. The molecule has 0 spiro atoms. The molecular formula is C22H13BrClF3N4O. The molecule has 5 nitrogen and oxygen atoms in total. The molecule has 162 valence electrons. The van der Waals surface area contributed by atoms with Crippen LogP contribution < -0.4 is 5.32 Å². The molecule has 0 unspecified atom stereocenters. The molecule has 1 amide bonds. The second-order valence-corrected chi connectivity index (χ2v) is 7.99. The first-order valence-corrected chi connectivity index (χ1v) is 10.3. The van der Waals surface area contributed by atoms with E-state index in [1.54, 1.807) is 54.7 Å². The van der Waals surface area contributed by atoms with Gasteiger partial charge in [0.15, 0.2) is 5.69 Å². The van der Waals surface area contributed by atoms with E-state index in [9.17, 15) is 18.0 Å². The molecule has 0 radical (unpaired) electrons. The van der Waals surface area contributed by atoms with Crippen molar-refractivity contribution in [3.8, 4) is 16.9 Å². The number of alkyl halides is 3. The number of hydrogen-bond acceptors (Lipinski definition) is 3. The maximum Gasteiger partial charge on any atom is 0.435 e. The Balaban J connectivity index is 1.67. The predicted molar refractivity (Wildman–Crippen MR) is 119 cm³/mol. The summed E-state index contributed by atoms with van der Waals surface area (Å²) in [5, 5.41) is 6.64. The van der Waals surface area contributed by atoms with Crippen molar-refractivity contribution in [3.05, 3.63) is 93.7 Å². The lowest BCUT2D eigenvalue weighted by atomic mass is 10.1. The number of hydrogen-bond donors (Lipinski definition) is 1. The van der Waals surface area contributed by atoms with Crippen molar-refractivity contribution in [2.45, 2.75) is 6.18 Å². The van der Waals surface area contributed by atoms with Crippen LogP contribution in [0.15, 0.2) is 77.4 Å². The lowest BCUT2D eigenvalue weighted by molar-refractivity contribution is -0.141. The van der Waals surface area contributed by atoms with E-state index in [0.717, 1.165) is 15.2 Å². The van der Waals surface area contributed by atoms with Crippen LogP contribution in [-0.4, -0.2) is 20.7 Å². The molecule has 32 heavy (non-hydrogen) atoms. The number of rotatable bonds is 4. The molecule has 0 saturated heterocycles. The van der Waals surface area contributed by atoms with Crippen molar-refractivity contribution in [2.75, 3.05) is 5.32 Å². The summed E-state index contributed by atoms with van der Waals surface area (Å²) in [5.74, 6) is -0.0316. The van der Waals surface area contributed by atoms with E-state index >= 15 is 0 Å². The molecule has 2 heterocycles. The van der Waals surface area contributed by atoms with Crippen LogP contribution in [0.25, 0.3) is 16.9 Å². The summed E-state index contributed by atoms with van der Waals surface area (Å²) in [7, 11) is 0. The summed E-state index contributed by atoms with van der Waals surface area (Å²) in [6.45, 7) is 0. The van der Waals surface area contributed by atoms with E-state index in [1.165, 1.54) is 12.1 Å². The molecular weight excluding hydrogens is 509 g/mol. The lowest BCUT2D eigenvalue weighted by Crippen LogP contribution is -2.12. The zero-order chi connectivity index (χ0) is 22.9. The van der Waals surface area contributed by atoms with Gasteiger partial charge < -0.3 is 5.32 Å². The van der Waals surface area contributed by atoms with E-state index < -0.39 is 17.8 Å². The summed E-state index contributed by atoms with van der Waals surface area (Å²) >= 11 is 9.46. The number of carbonyl (C=O) groups excluding carboxylic acids is 1. The Morgan fingerprint density at radius 1 is 1.03 bits per heavy atom. The molecule has 2 aromatic heterocycles. The van der Waals surface area contributed by atoms with Gasteiger partial charge in [-0.05, 0) is 58.4 Å². The second kappa shape index (κ2) is 8.76. The summed E-state index contributed by atoms with van der Waals surface area (Å²) in [5.41, 5.74) is 0.204. The van der Waals surface area contributed by atoms with Crippen LogP contribution in [0.5, 0.6) is 0 Å². The smallest absolute Gasteiger partial charge is 0.307 e. The van der Waals surface area contributed by atoms with Crippen molar-refractivity contribution in [3.63, 3.8) is 0 Å². The van der Waals surface area contributed by atoms with Gasteiger partial charge in [-0.25, -0.2) is 9.67 Å². The first kappa shape index (κ1) is 22.0. The van der Waals surface area contributed by atoms with Gasteiger partial charge in [-0.2, -0.15) is 18.3 Å². The fourth-order valence-electron chi connectivity index (χ4n) is 2.96. The fourth-order valence-corrected chi connectivity index (χ4v) is 3.41. The van der Waals surface area contributed by atoms with E-state index in [2.05, 4.69) is 31.3 Å². The highest BCUT2D eigenvalue weighted by Crippen LogP contribution is 2.34. The van der Waals surface area contributed by atoms with Crippen LogP contribution in [0.2, 0.25) is 5.02 Å². The predicted octanol–water partition coefficient (Wildman–Crippen LogP) is 6.62. The molecule has 0 fully saturated rings. The van der Waals surface area contributed by atoms with Crippen molar-refractivity contribution < 1.29 is 18.0 Å². The van der Waals surface area contributed by atoms with Crippen LogP contribution in [-0.2, 0) is 6.18 Å². The highest BCUT2D eigenvalue weighted by molar-refractivity contribution is 9.10. The van der Waals surface area contributed by atoms with Gasteiger partial charge in [-0.3, -0.25) is 4.79 Å². The summed E-state index contributed by atoms with van der Waals surface area (Å²) < 4.78 is 41.9. The number of carbonyl (C=O) groups is 1. The Hall–Kier alpha value is -3.17. The Labute approximate surface area is 194 Å². The maximum absolute atomic E-state index is 13.3. The van der Waals surface area contributed by atoms with Crippen LogP contribution in [0.3, 0.4) is 0 Å². The molecule has 0 atom stereocenters. The Kier molecular flexibility index (Phi) is 6.03. The quantitative estimate of drug-likeness (QED) is 0.328. The molecule has 2 aromatic carbocycles. The number of nitrogens with one attached hydrogen (secondary N) is 1. The standard InChI is InChI=1S/C22H13BrClF3N4O/c23-15-9-10-20(28-12-15)29-21(32)14-7-5-13(6-8-14)18-11-19(22(25,26)27)30-31(18)17-4-2-1-3-16(17)24/h1-12H,(H,28,29,32). The van der Waals surface area contributed by atoms with E-state index in [1.807, 2.05) is 0 Å². The van der Waals surface area contributed by atoms with Gasteiger partial charge in [-0.15, -0.1) is 0 Å². The molecule has 4 aromatic rings. The minimum absolute atomic E-state index is 0.187. The number of anilines is 1. The van der Waals surface area contributed by atoms with Crippen molar-refractivity contribution >= 4 is 39.3 Å². The van der Waals surface area contributed by atoms with Gasteiger partial charge in [0.2, 0.25) is 0 Å². The van der Waals surface area contributed by atoms with E-state index in [4.69, 9.17) is 11.6 Å². The topological polar surface area (TPSA) is 59.8 Å². The van der Waals surface area contributed by atoms with Crippen molar-refractivity contribution in [2.24, 2.45) is 0 Å². The largest absolute Gasteiger partial charge is 0.435 e. The minimum Gasteiger partial charge on any atom is -0.307 e. The molecule has 0 aliphatic heterocycles. The minimum atomic E-state index is -4.63. The SMILES string of the molecule is O=C(Nc1ccc(Br)cn1)c1ccc(-c2cc(C(F)(F)F)nn2-c2ccccc2Cl)cc1. The third kappa shape index (κ3) is 4.68. The number of para-hydroxylation sites is 1. The zero-order valence-electron chi connectivity index (χ0n) is 16.1. The average Bonchev–Trinajstić information content (AvgIpc) is 3.21. The molecule has 4 rings (SSSR count). The third-order valence-electron chi connectivity index (χ3n) is 4.49.